The van der Waals surface area contributed by atoms with Crippen LogP contribution in [0.1, 0.15) is 33.1 Å². The second-order valence-electron chi connectivity index (χ2n) is 7.39. The van der Waals surface area contributed by atoms with Crippen molar-refractivity contribution in [1.29, 1.82) is 0 Å². The van der Waals surface area contributed by atoms with Gasteiger partial charge in [-0.15, -0.1) is 0 Å². The number of rotatable bonds is 3. The summed E-state index contributed by atoms with van der Waals surface area (Å²) < 4.78 is 6.98. The van der Waals surface area contributed by atoms with Crippen LogP contribution in [0.5, 0.6) is 0 Å². The van der Waals surface area contributed by atoms with Gasteiger partial charge in [-0.2, -0.15) is 0 Å². The number of para-hydroxylation sites is 1. The summed E-state index contributed by atoms with van der Waals surface area (Å²) in [5.74, 6) is 0.890. The van der Waals surface area contributed by atoms with E-state index in [9.17, 15) is 9.59 Å². The molecule has 0 unspecified atom stereocenters. The van der Waals surface area contributed by atoms with Crippen LogP contribution >= 0.6 is 0 Å². The maximum atomic E-state index is 12.7. The Hall–Kier alpha value is -2.63. The van der Waals surface area contributed by atoms with E-state index in [1.807, 2.05) is 18.2 Å². The van der Waals surface area contributed by atoms with Crippen LogP contribution in [0.3, 0.4) is 0 Å². The Morgan fingerprint density at radius 2 is 2.12 bits per heavy atom. The molecule has 4 rings (SSSR count). The van der Waals surface area contributed by atoms with E-state index < -0.39 is 0 Å². The lowest BCUT2D eigenvalue weighted by molar-refractivity contribution is -0.123. The lowest BCUT2D eigenvalue weighted by Gasteiger charge is -2.34. The summed E-state index contributed by atoms with van der Waals surface area (Å²) in [4.78, 5) is 29.5. The van der Waals surface area contributed by atoms with E-state index in [1.165, 1.54) is 17.3 Å². The van der Waals surface area contributed by atoms with Crippen molar-refractivity contribution in [3.63, 3.8) is 0 Å². The molecule has 2 heterocycles. The van der Waals surface area contributed by atoms with Crippen molar-refractivity contribution >= 4 is 28.0 Å². The lowest BCUT2D eigenvalue weighted by Crippen LogP contribution is -2.45. The van der Waals surface area contributed by atoms with Gasteiger partial charge in [0, 0.05) is 11.4 Å². The zero-order chi connectivity index (χ0) is 18.3. The molecule has 1 fully saturated rings. The number of amides is 1. The third kappa shape index (κ3) is 2.89. The molecule has 0 spiro atoms. The van der Waals surface area contributed by atoms with Gasteiger partial charge < -0.3 is 9.73 Å². The molecule has 1 saturated carbocycles. The van der Waals surface area contributed by atoms with Crippen molar-refractivity contribution < 1.29 is 9.21 Å². The molecule has 0 saturated heterocycles. The second kappa shape index (κ2) is 6.59. The molecule has 1 aliphatic rings. The number of hydrogen-bond acceptors (Lipinski definition) is 4. The summed E-state index contributed by atoms with van der Waals surface area (Å²) in [5, 5.41) is 3.90. The van der Waals surface area contributed by atoms with Gasteiger partial charge in [-0.3, -0.25) is 14.2 Å². The van der Waals surface area contributed by atoms with Crippen LogP contribution < -0.4 is 10.9 Å². The zero-order valence-electron chi connectivity index (χ0n) is 15.1. The number of hydrogen-bond donors (Lipinski definition) is 1. The highest BCUT2D eigenvalue weighted by atomic mass is 16.3. The fourth-order valence-electron chi connectivity index (χ4n) is 3.92. The van der Waals surface area contributed by atoms with Gasteiger partial charge in [-0.25, -0.2) is 4.98 Å². The average molecular weight is 353 g/mol. The molecule has 1 N–H and O–H groups in total. The van der Waals surface area contributed by atoms with E-state index in [0.29, 0.717) is 22.9 Å². The van der Waals surface area contributed by atoms with Gasteiger partial charge in [-0.1, -0.05) is 38.8 Å². The molecule has 3 aromatic rings. The van der Waals surface area contributed by atoms with Crippen molar-refractivity contribution in [2.24, 2.45) is 11.8 Å². The number of fused-ring (bicyclic) bond motifs is 3. The first kappa shape index (κ1) is 16.8. The van der Waals surface area contributed by atoms with Crippen molar-refractivity contribution in [2.45, 2.75) is 45.7 Å². The summed E-state index contributed by atoms with van der Waals surface area (Å²) in [6.45, 7) is 4.37. The zero-order valence-corrected chi connectivity index (χ0v) is 15.1. The minimum Gasteiger partial charge on any atom is -0.448 e. The van der Waals surface area contributed by atoms with Gasteiger partial charge >= 0.3 is 0 Å². The fourth-order valence-corrected chi connectivity index (χ4v) is 3.92. The normalized spacial score (nSPS) is 23.4. The Balaban J connectivity index is 1.57. The van der Waals surface area contributed by atoms with E-state index in [2.05, 4.69) is 24.1 Å². The van der Waals surface area contributed by atoms with Crippen molar-refractivity contribution in [3.8, 4) is 0 Å². The quantitative estimate of drug-likeness (QED) is 0.785. The van der Waals surface area contributed by atoms with Crippen molar-refractivity contribution in [3.05, 3.63) is 40.9 Å². The Labute approximate surface area is 151 Å². The monoisotopic (exact) mass is 353 g/mol. The standard InChI is InChI=1S/C20H23N3O3/c1-12-6-5-8-15(13(12)2)22-17(24)10-23-11-21-18-14-7-3-4-9-16(14)26-19(18)20(23)25/h3-4,7,9,11-13,15H,5-6,8,10H2,1-2H3,(H,22,24)/t12-,13+,15+/m1/s1. The van der Waals surface area contributed by atoms with E-state index in [0.717, 1.165) is 18.2 Å². The van der Waals surface area contributed by atoms with Crippen LogP contribution in [-0.2, 0) is 11.3 Å². The Kier molecular flexibility index (Phi) is 4.26. The maximum absolute atomic E-state index is 12.7. The molecule has 6 heteroatoms. The maximum Gasteiger partial charge on any atom is 0.297 e. The van der Waals surface area contributed by atoms with Gasteiger partial charge in [-0.05, 0) is 30.4 Å². The van der Waals surface area contributed by atoms with Crippen LogP contribution in [0.25, 0.3) is 22.1 Å². The second-order valence-corrected chi connectivity index (χ2v) is 7.39. The average Bonchev–Trinajstić information content (AvgIpc) is 3.01. The smallest absolute Gasteiger partial charge is 0.297 e. The highest BCUT2D eigenvalue weighted by Crippen LogP contribution is 2.29. The third-order valence-corrected chi connectivity index (χ3v) is 5.72. The molecule has 3 atom stereocenters. The van der Waals surface area contributed by atoms with Crippen LogP contribution in [-0.4, -0.2) is 21.5 Å². The van der Waals surface area contributed by atoms with E-state index in [-0.39, 0.29) is 29.6 Å². The number of nitrogens with zero attached hydrogens (tertiary/aromatic N) is 2. The molecular weight excluding hydrogens is 330 g/mol. The van der Waals surface area contributed by atoms with Crippen molar-refractivity contribution in [2.75, 3.05) is 0 Å². The summed E-state index contributed by atoms with van der Waals surface area (Å²) in [5.41, 5.74) is 1.03. The van der Waals surface area contributed by atoms with Crippen LogP contribution in [0.4, 0.5) is 0 Å². The predicted molar refractivity (Wildman–Crippen MR) is 99.9 cm³/mol. The number of furan rings is 1. The van der Waals surface area contributed by atoms with Crippen LogP contribution in [0, 0.1) is 11.8 Å². The topological polar surface area (TPSA) is 77.1 Å². The van der Waals surface area contributed by atoms with Crippen molar-refractivity contribution in [1.82, 2.24) is 14.9 Å². The van der Waals surface area contributed by atoms with E-state index in [1.54, 1.807) is 6.07 Å². The summed E-state index contributed by atoms with van der Waals surface area (Å²) in [6.07, 6.45) is 4.76. The molecule has 2 aromatic heterocycles. The minimum absolute atomic E-state index is 0.0452. The molecule has 0 aliphatic heterocycles. The van der Waals surface area contributed by atoms with Gasteiger partial charge in [0.15, 0.2) is 0 Å². The Morgan fingerprint density at radius 1 is 1.31 bits per heavy atom. The third-order valence-electron chi connectivity index (χ3n) is 5.72. The Morgan fingerprint density at radius 3 is 2.96 bits per heavy atom. The summed E-state index contributed by atoms with van der Waals surface area (Å²) in [6, 6.07) is 7.58. The predicted octanol–water partition coefficient (Wildman–Crippen LogP) is 3.08. The molecular formula is C20H23N3O3. The molecule has 0 radical (unpaired) electrons. The highest BCUT2D eigenvalue weighted by Gasteiger charge is 2.28. The van der Waals surface area contributed by atoms with Gasteiger partial charge in [0.25, 0.3) is 5.56 Å². The number of carbonyl (C=O) groups excluding carboxylic acids is 1. The number of carbonyl (C=O) groups is 1. The summed E-state index contributed by atoms with van der Waals surface area (Å²) >= 11 is 0. The first-order valence-corrected chi connectivity index (χ1v) is 9.20. The first-order chi connectivity index (χ1) is 12.5. The molecule has 1 amide bonds. The number of benzene rings is 1. The molecule has 6 nitrogen and oxygen atoms in total. The number of nitrogens with one attached hydrogen (secondary N) is 1. The fraction of sp³-hybridized carbons (Fsp3) is 0.450. The first-order valence-electron chi connectivity index (χ1n) is 9.20. The molecule has 0 bridgehead atoms. The lowest BCUT2D eigenvalue weighted by atomic mass is 9.78. The van der Waals surface area contributed by atoms with Gasteiger partial charge in [0.2, 0.25) is 11.5 Å². The molecule has 1 aromatic carbocycles. The Bertz CT molecular complexity index is 1020. The SMILES string of the molecule is C[C@H]1[C@H](C)CCC[C@@H]1NC(=O)Cn1cnc2c(oc3ccccc32)c1=O. The van der Waals surface area contributed by atoms with E-state index >= 15 is 0 Å². The van der Waals surface area contributed by atoms with Gasteiger partial charge in [0.1, 0.15) is 17.6 Å². The van der Waals surface area contributed by atoms with Crippen LogP contribution in [0.15, 0.2) is 39.8 Å². The highest BCUT2D eigenvalue weighted by molar-refractivity contribution is 6.01. The van der Waals surface area contributed by atoms with Crippen LogP contribution in [0.2, 0.25) is 0 Å². The molecule has 26 heavy (non-hydrogen) atoms. The number of aromatic nitrogens is 2. The largest absolute Gasteiger partial charge is 0.448 e. The van der Waals surface area contributed by atoms with E-state index in [4.69, 9.17) is 4.42 Å². The molecule has 1 aliphatic carbocycles. The summed E-state index contributed by atoms with van der Waals surface area (Å²) in [7, 11) is 0. The molecule has 136 valence electrons. The minimum atomic E-state index is -0.327. The van der Waals surface area contributed by atoms with Gasteiger partial charge in [0.05, 0.1) is 6.33 Å².